The Morgan fingerprint density at radius 1 is 1.28 bits per heavy atom. The Bertz CT molecular complexity index is 270. The number of rotatable bonds is 4. The first kappa shape index (κ1) is 15.2. The van der Waals surface area contributed by atoms with Crippen molar-refractivity contribution < 1.29 is 15.0 Å². The number of carbonyl (C=O) groups is 1. The van der Waals surface area contributed by atoms with E-state index in [1.54, 1.807) is 0 Å². The molecule has 6 heteroatoms. The normalized spacial score (nSPS) is 20.7. The third kappa shape index (κ3) is 4.80. The molecule has 0 saturated carbocycles. The predicted molar refractivity (Wildman–Crippen MR) is 69.8 cm³/mol. The van der Waals surface area contributed by atoms with E-state index >= 15 is 0 Å². The van der Waals surface area contributed by atoms with E-state index in [2.05, 4.69) is 35.9 Å². The van der Waals surface area contributed by atoms with Gasteiger partial charge in [0.15, 0.2) is 0 Å². The van der Waals surface area contributed by atoms with Gasteiger partial charge in [0, 0.05) is 38.3 Å². The molecule has 0 aliphatic carbocycles. The molecule has 0 bridgehead atoms. The lowest BCUT2D eigenvalue weighted by Gasteiger charge is -2.42. The van der Waals surface area contributed by atoms with Crippen molar-refractivity contribution in [1.29, 1.82) is 0 Å². The Morgan fingerprint density at radius 3 is 2.22 bits per heavy atom. The fourth-order valence-corrected chi connectivity index (χ4v) is 2.24. The van der Waals surface area contributed by atoms with Crippen LogP contribution in [0.4, 0.5) is 4.79 Å². The zero-order valence-corrected chi connectivity index (χ0v) is 11.5. The number of hydrogen-bond donors (Lipinski definition) is 3. The molecule has 1 amide bonds. The Kier molecular flexibility index (Phi) is 5.37. The van der Waals surface area contributed by atoms with E-state index in [0.717, 1.165) is 26.2 Å². The summed E-state index contributed by atoms with van der Waals surface area (Å²) in [4.78, 5) is 15.2. The minimum absolute atomic E-state index is 0.161. The van der Waals surface area contributed by atoms with Crippen LogP contribution in [0.2, 0.25) is 0 Å². The molecule has 1 fully saturated rings. The van der Waals surface area contributed by atoms with Gasteiger partial charge < -0.3 is 15.5 Å². The van der Waals surface area contributed by atoms with Gasteiger partial charge in [-0.1, -0.05) is 0 Å². The van der Waals surface area contributed by atoms with Gasteiger partial charge in [0.2, 0.25) is 0 Å². The van der Waals surface area contributed by atoms with Gasteiger partial charge in [0.05, 0.1) is 12.6 Å². The van der Waals surface area contributed by atoms with Crippen LogP contribution >= 0.6 is 0 Å². The average molecular weight is 259 g/mol. The van der Waals surface area contributed by atoms with Crippen LogP contribution in [0.1, 0.15) is 20.8 Å². The number of piperazine rings is 1. The van der Waals surface area contributed by atoms with E-state index in [1.807, 2.05) is 0 Å². The number of nitrogens with zero attached hydrogens (tertiary/aromatic N) is 2. The second-order valence-electron chi connectivity index (χ2n) is 5.79. The molecule has 1 atom stereocenters. The highest BCUT2D eigenvalue weighted by Gasteiger charge is 2.26. The van der Waals surface area contributed by atoms with Gasteiger partial charge in [-0.25, -0.2) is 4.79 Å². The number of hydrogen-bond acceptors (Lipinski definition) is 4. The van der Waals surface area contributed by atoms with Crippen LogP contribution in [0, 0.1) is 0 Å². The van der Waals surface area contributed by atoms with Crippen LogP contribution in [0.25, 0.3) is 0 Å². The summed E-state index contributed by atoms with van der Waals surface area (Å²) in [6.45, 7) is 10.8. The topological polar surface area (TPSA) is 76.0 Å². The molecular formula is C12H25N3O3. The fourth-order valence-electron chi connectivity index (χ4n) is 2.24. The highest BCUT2D eigenvalue weighted by atomic mass is 16.4. The highest BCUT2D eigenvalue weighted by Crippen LogP contribution is 2.15. The molecule has 0 radical (unpaired) electrons. The van der Waals surface area contributed by atoms with E-state index in [-0.39, 0.29) is 12.1 Å². The standard InChI is InChI=1S/C12H25N3O3/c1-12(2,3)15-6-4-14(5-7-15)8-10(9-16)13-11(17)18/h10,13,16H,4-9H2,1-3H3,(H,17,18)/t10-/m1/s1. The summed E-state index contributed by atoms with van der Waals surface area (Å²) in [7, 11) is 0. The number of aliphatic hydroxyl groups is 1. The van der Waals surface area contributed by atoms with Crippen molar-refractivity contribution in [2.45, 2.75) is 32.4 Å². The Labute approximate surface area is 109 Å². The van der Waals surface area contributed by atoms with Crippen LogP contribution in [-0.2, 0) is 0 Å². The van der Waals surface area contributed by atoms with Crippen molar-refractivity contribution in [2.24, 2.45) is 0 Å². The van der Waals surface area contributed by atoms with E-state index in [1.165, 1.54) is 0 Å². The summed E-state index contributed by atoms with van der Waals surface area (Å²) in [6.07, 6.45) is -1.08. The number of carboxylic acid groups (broad SMARTS) is 1. The lowest BCUT2D eigenvalue weighted by Crippen LogP contribution is -2.56. The molecule has 0 spiro atoms. The fraction of sp³-hybridized carbons (Fsp3) is 0.917. The average Bonchev–Trinajstić information content (AvgIpc) is 2.27. The van der Waals surface area contributed by atoms with Crippen molar-refractivity contribution in [3.05, 3.63) is 0 Å². The largest absolute Gasteiger partial charge is 0.465 e. The van der Waals surface area contributed by atoms with Gasteiger partial charge in [0.25, 0.3) is 0 Å². The second-order valence-corrected chi connectivity index (χ2v) is 5.79. The zero-order chi connectivity index (χ0) is 13.8. The van der Waals surface area contributed by atoms with Crippen molar-refractivity contribution in [1.82, 2.24) is 15.1 Å². The summed E-state index contributed by atoms with van der Waals surface area (Å²) >= 11 is 0. The molecule has 18 heavy (non-hydrogen) atoms. The Hall–Kier alpha value is -0.850. The van der Waals surface area contributed by atoms with Crippen LogP contribution in [0.3, 0.4) is 0 Å². The minimum Gasteiger partial charge on any atom is -0.465 e. The van der Waals surface area contributed by atoms with Crippen molar-refractivity contribution in [3.63, 3.8) is 0 Å². The highest BCUT2D eigenvalue weighted by molar-refractivity contribution is 5.64. The molecule has 1 rings (SSSR count). The van der Waals surface area contributed by atoms with E-state index < -0.39 is 12.1 Å². The van der Waals surface area contributed by atoms with E-state index in [9.17, 15) is 4.79 Å². The molecular weight excluding hydrogens is 234 g/mol. The van der Waals surface area contributed by atoms with Gasteiger partial charge in [-0.05, 0) is 20.8 Å². The van der Waals surface area contributed by atoms with Gasteiger partial charge in [-0.3, -0.25) is 9.80 Å². The SMILES string of the molecule is CC(C)(C)N1CCN(C[C@H](CO)NC(=O)O)CC1. The lowest BCUT2D eigenvalue weighted by molar-refractivity contribution is 0.0539. The maximum atomic E-state index is 10.5. The Balaban J connectivity index is 2.36. The summed E-state index contributed by atoms with van der Waals surface area (Å²) < 4.78 is 0. The number of amides is 1. The number of aliphatic hydroxyl groups excluding tert-OH is 1. The summed E-state index contributed by atoms with van der Waals surface area (Å²) in [5.41, 5.74) is 0.182. The molecule has 0 unspecified atom stereocenters. The summed E-state index contributed by atoms with van der Waals surface area (Å²) in [5, 5.41) is 20.1. The maximum Gasteiger partial charge on any atom is 0.405 e. The third-order valence-corrected chi connectivity index (χ3v) is 3.35. The minimum atomic E-state index is -1.08. The smallest absolute Gasteiger partial charge is 0.405 e. The molecule has 6 nitrogen and oxygen atoms in total. The van der Waals surface area contributed by atoms with E-state index in [4.69, 9.17) is 10.2 Å². The third-order valence-electron chi connectivity index (χ3n) is 3.35. The lowest BCUT2D eigenvalue weighted by atomic mass is 10.0. The van der Waals surface area contributed by atoms with Crippen molar-refractivity contribution in [2.75, 3.05) is 39.3 Å². The van der Waals surface area contributed by atoms with Crippen molar-refractivity contribution >= 4 is 6.09 Å². The van der Waals surface area contributed by atoms with E-state index in [0.29, 0.717) is 6.54 Å². The summed E-state index contributed by atoms with van der Waals surface area (Å²) in [5.74, 6) is 0. The summed E-state index contributed by atoms with van der Waals surface area (Å²) in [6, 6.07) is -0.399. The Morgan fingerprint density at radius 2 is 1.83 bits per heavy atom. The zero-order valence-electron chi connectivity index (χ0n) is 11.5. The molecule has 1 saturated heterocycles. The molecule has 1 aliphatic rings. The quantitative estimate of drug-likeness (QED) is 0.664. The number of nitrogens with one attached hydrogen (secondary N) is 1. The van der Waals surface area contributed by atoms with Gasteiger partial charge in [0.1, 0.15) is 0 Å². The monoisotopic (exact) mass is 259 g/mol. The van der Waals surface area contributed by atoms with Crippen LogP contribution in [-0.4, -0.2) is 77.0 Å². The van der Waals surface area contributed by atoms with Gasteiger partial charge in [-0.15, -0.1) is 0 Å². The second kappa shape index (κ2) is 6.36. The molecule has 106 valence electrons. The first-order valence-electron chi connectivity index (χ1n) is 6.40. The first-order chi connectivity index (χ1) is 8.32. The molecule has 0 aromatic heterocycles. The molecule has 3 N–H and O–H groups in total. The molecule has 0 aromatic carbocycles. The van der Waals surface area contributed by atoms with Crippen molar-refractivity contribution in [3.8, 4) is 0 Å². The van der Waals surface area contributed by atoms with Gasteiger partial charge >= 0.3 is 6.09 Å². The van der Waals surface area contributed by atoms with Crippen LogP contribution < -0.4 is 5.32 Å². The maximum absolute atomic E-state index is 10.5. The molecule has 1 heterocycles. The van der Waals surface area contributed by atoms with Crippen LogP contribution in [0.5, 0.6) is 0 Å². The molecule has 1 aliphatic heterocycles. The van der Waals surface area contributed by atoms with Crippen LogP contribution in [0.15, 0.2) is 0 Å². The molecule has 0 aromatic rings. The first-order valence-corrected chi connectivity index (χ1v) is 6.40. The van der Waals surface area contributed by atoms with Gasteiger partial charge in [-0.2, -0.15) is 0 Å². The predicted octanol–water partition coefficient (Wildman–Crippen LogP) is 0.0310.